The van der Waals surface area contributed by atoms with E-state index in [1.54, 1.807) is 13.3 Å². The lowest BCUT2D eigenvalue weighted by Gasteiger charge is -2.45. The van der Waals surface area contributed by atoms with Crippen molar-refractivity contribution in [1.29, 1.82) is 5.26 Å². The number of nitrogens with one attached hydrogen (secondary N) is 1. The molecule has 1 saturated heterocycles. The third-order valence-electron chi connectivity index (χ3n) is 5.88. The van der Waals surface area contributed by atoms with Gasteiger partial charge in [-0.05, 0) is 44.2 Å². The summed E-state index contributed by atoms with van der Waals surface area (Å²) in [7, 11) is 1.76. The average Bonchev–Trinajstić information content (AvgIpc) is 2.80. The molecular formula is C26H37N7. The van der Waals surface area contributed by atoms with Gasteiger partial charge in [0.15, 0.2) is 6.19 Å². The molecule has 1 heterocycles. The van der Waals surface area contributed by atoms with Crippen LogP contribution >= 0.6 is 0 Å². The highest BCUT2D eigenvalue weighted by Crippen LogP contribution is 2.23. The van der Waals surface area contributed by atoms with E-state index in [1.165, 1.54) is 5.57 Å². The summed E-state index contributed by atoms with van der Waals surface area (Å²) in [5.41, 5.74) is 3.12. The van der Waals surface area contributed by atoms with Crippen molar-refractivity contribution in [2.24, 2.45) is 20.9 Å². The van der Waals surface area contributed by atoms with E-state index in [0.29, 0.717) is 11.9 Å². The SMILES string of the molecule is C=NC(C/C=C(C)/C=C\C=NC)N1CCN(C(=Nc2ccccc2C)NC#N)C(C(C)C)C1. The molecule has 0 radical (unpaired) electrons. The molecule has 2 unspecified atom stereocenters. The summed E-state index contributed by atoms with van der Waals surface area (Å²) in [5.74, 6) is 0.973. The van der Waals surface area contributed by atoms with Crippen molar-refractivity contribution in [2.45, 2.75) is 46.3 Å². The number of nitriles is 1. The summed E-state index contributed by atoms with van der Waals surface area (Å²) >= 11 is 0. The number of allylic oxidation sites excluding steroid dienone is 3. The maximum Gasteiger partial charge on any atom is 0.212 e. The number of aryl methyl sites for hydroxylation is 1. The number of nitrogens with zero attached hydrogens (tertiary/aromatic N) is 6. The van der Waals surface area contributed by atoms with Crippen LogP contribution in [0.3, 0.4) is 0 Å². The topological polar surface area (TPSA) is 79.4 Å². The van der Waals surface area contributed by atoms with E-state index in [-0.39, 0.29) is 12.2 Å². The van der Waals surface area contributed by atoms with Crippen LogP contribution in [0.15, 0.2) is 63.0 Å². The molecule has 1 N–H and O–H groups in total. The molecule has 33 heavy (non-hydrogen) atoms. The first kappa shape index (κ1) is 26.0. The minimum atomic E-state index is 0.0114. The van der Waals surface area contributed by atoms with Gasteiger partial charge in [0.05, 0.1) is 5.69 Å². The lowest BCUT2D eigenvalue weighted by molar-refractivity contribution is 0.0700. The van der Waals surface area contributed by atoms with Crippen LogP contribution in [0, 0.1) is 24.3 Å². The van der Waals surface area contributed by atoms with E-state index >= 15 is 0 Å². The Hall–Kier alpha value is -3.24. The molecule has 1 aliphatic rings. The van der Waals surface area contributed by atoms with Crippen molar-refractivity contribution in [3.8, 4) is 6.19 Å². The van der Waals surface area contributed by atoms with Gasteiger partial charge in [-0.2, -0.15) is 5.26 Å². The molecule has 0 amide bonds. The molecule has 2 atom stereocenters. The fourth-order valence-electron chi connectivity index (χ4n) is 3.93. The molecular weight excluding hydrogens is 410 g/mol. The predicted octanol–water partition coefficient (Wildman–Crippen LogP) is 4.32. The molecule has 176 valence electrons. The molecule has 2 rings (SSSR count). The molecule has 7 nitrogen and oxygen atoms in total. The number of aliphatic imine (C=N–C) groups is 3. The molecule has 0 bridgehead atoms. The van der Waals surface area contributed by atoms with Crippen LogP contribution in [-0.4, -0.2) is 67.6 Å². The quantitative estimate of drug-likeness (QED) is 0.212. The Labute approximate surface area is 198 Å². The number of hydrogen-bond acceptors (Lipinski definition) is 5. The van der Waals surface area contributed by atoms with Gasteiger partial charge in [0.1, 0.15) is 6.17 Å². The maximum absolute atomic E-state index is 9.39. The van der Waals surface area contributed by atoms with Gasteiger partial charge in [-0.1, -0.05) is 49.8 Å². The van der Waals surface area contributed by atoms with Gasteiger partial charge >= 0.3 is 0 Å². The van der Waals surface area contributed by atoms with Crippen LogP contribution < -0.4 is 5.32 Å². The number of guanidine groups is 1. The molecule has 1 aromatic carbocycles. The highest BCUT2D eigenvalue weighted by molar-refractivity contribution is 5.85. The zero-order valence-corrected chi connectivity index (χ0v) is 20.6. The second-order valence-corrected chi connectivity index (χ2v) is 8.57. The highest BCUT2D eigenvalue weighted by atomic mass is 15.4. The van der Waals surface area contributed by atoms with Gasteiger partial charge in [-0.3, -0.25) is 20.2 Å². The molecule has 1 fully saturated rings. The van der Waals surface area contributed by atoms with Gasteiger partial charge in [0.25, 0.3) is 0 Å². The smallest absolute Gasteiger partial charge is 0.212 e. The van der Waals surface area contributed by atoms with E-state index < -0.39 is 0 Å². The first-order valence-electron chi connectivity index (χ1n) is 11.4. The molecule has 0 aliphatic carbocycles. The van der Waals surface area contributed by atoms with Crippen LogP contribution in [0.25, 0.3) is 0 Å². The lowest BCUT2D eigenvalue weighted by Crippen LogP contribution is -2.60. The number of para-hydroxylation sites is 1. The molecule has 1 aliphatic heterocycles. The summed E-state index contributed by atoms with van der Waals surface area (Å²) in [6.07, 6.45) is 10.8. The molecule has 0 spiro atoms. The Bertz CT molecular complexity index is 936. The van der Waals surface area contributed by atoms with Gasteiger partial charge in [0, 0.05) is 45.4 Å². The van der Waals surface area contributed by atoms with Crippen molar-refractivity contribution >= 4 is 24.6 Å². The molecule has 0 aromatic heterocycles. The maximum atomic E-state index is 9.39. The van der Waals surface area contributed by atoms with Crippen molar-refractivity contribution in [3.63, 3.8) is 0 Å². The van der Waals surface area contributed by atoms with Crippen LogP contribution in [0.4, 0.5) is 5.69 Å². The van der Waals surface area contributed by atoms with Crippen molar-refractivity contribution < 1.29 is 0 Å². The van der Waals surface area contributed by atoms with Gasteiger partial charge in [-0.25, -0.2) is 4.99 Å². The lowest BCUT2D eigenvalue weighted by atomic mass is 9.99. The highest BCUT2D eigenvalue weighted by Gasteiger charge is 2.34. The minimum absolute atomic E-state index is 0.0114. The van der Waals surface area contributed by atoms with Crippen LogP contribution in [0.1, 0.15) is 32.8 Å². The summed E-state index contributed by atoms with van der Waals surface area (Å²) < 4.78 is 0. The predicted molar refractivity (Wildman–Crippen MR) is 139 cm³/mol. The zero-order valence-electron chi connectivity index (χ0n) is 20.6. The summed E-state index contributed by atoms with van der Waals surface area (Å²) in [6.45, 7) is 14.8. The fraction of sp³-hybridized carbons (Fsp3) is 0.462. The van der Waals surface area contributed by atoms with Crippen LogP contribution in [0.5, 0.6) is 0 Å². The van der Waals surface area contributed by atoms with Crippen molar-refractivity contribution in [1.82, 2.24) is 15.1 Å². The first-order valence-corrected chi connectivity index (χ1v) is 11.4. The second-order valence-electron chi connectivity index (χ2n) is 8.57. The van der Waals surface area contributed by atoms with E-state index in [9.17, 15) is 5.26 Å². The number of benzene rings is 1. The number of hydrogen-bond donors (Lipinski definition) is 1. The zero-order chi connectivity index (χ0) is 24.2. The Morgan fingerprint density at radius 3 is 2.73 bits per heavy atom. The average molecular weight is 448 g/mol. The van der Waals surface area contributed by atoms with Gasteiger partial charge in [0.2, 0.25) is 5.96 Å². The van der Waals surface area contributed by atoms with Crippen LogP contribution in [-0.2, 0) is 0 Å². The second kappa shape index (κ2) is 13.3. The van der Waals surface area contributed by atoms with Gasteiger partial charge in [-0.15, -0.1) is 0 Å². The minimum Gasteiger partial charge on any atom is -0.336 e. The van der Waals surface area contributed by atoms with Gasteiger partial charge < -0.3 is 4.90 Å². The number of rotatable bonds is 8. The van der Waals surface area contributed by atoms with E-state index in [4.69, 9.17) is 4.99 Å². The molecule has 7 heteroatoms. The third-order valence-corrected chi connectivity index (χ3v) is 5.88. The normalized spacial score (nSPS) is 19.3. The van der Waals surface area contributed by atoms with Crippen molar-refractivity contribution in [2.75, 3.05) is 26.7 Å². The monoisotopic (exact) mass is 447 g/mol. The molecule has 0 saturated carbocycles. The van der Waals surface area contributed by atoms with Crippen LogP contribution in [0.2, 0.25) is 0 Å². The van der Waals surface area contributed by atoms with E-state index in [2.05, 4.69) is 64.9 Å². The van der Waals surface area contributed by atoms with E-state index in [1.807, 2.05) is 43.3 Å². The number of piperazine rings is 1. The summed E-state index contributed by atoms with van der Waals surface area (Å²) in [6, 6.07) is 8.15. The van der Waals surface area contributed by atoms with Crippen molar-refractivity contribution in [3.05, 3.63) is 53.6 Å². The first-order chi connectivity index (χ1) is 15.9. The fourth-order valence-corrected chi connectivity index (χ4v) is 3.93. The van der Waals surface area contributed by atoms with E-state index in [0.717, 1.165) is 37.3 Å². The standard InChI is InChI=1S/C26H37N7/c1-20(2)24-18-32(25(29-6)14-13-21(3)10-9-15-28-5)16-17-33(24)26(30-19-27)31-23-12-8-7-11-22(23)4/h7-13,15,20,24-25H,6,14,16-18H2,1-5H3,(H,30,31)/b10-9-,21-13+,28-15?. The largest absolute Gasteiger partial charge is 0.336 e. The molecule has 1 aromatic rings. The summed E-state index contributed by atoms with van der Waals surface area (Å²) in [4.78, 5) is 17.8. The summed E-state index contributed by atoms with van der Waals surface area (Å²) in [5, 5.41) is 12.2. The Balaban J connectivity index is 2.21. The Kier molecular flexibility index (Phi) is 10.5. The Morgan fingerprint density at radius 2 is 2.09 bits per heavy atom. The third kappa shape index (κ3) is 7.69. The Morgan fingerprint density at radius 1 is 1.33 bits per heavy atom.